The number of imidazole rings is 1. The molecule has 13 heteroatoms. The van der Waals surface area contributed by atoms with Gasteiger partial charge in [-0.25, -0.2) is 18.1 Å². The van der Waals surface area contributed by atoms with Gasteiger partial charge in [-0.05, 0) is 42.8 Å². The fourth-order valence-corrected chi connectivity index (χ4v) is 5.32. The fourth-order valence-electron chi connectivity index (χ4n) is 2.87. The Morgan fingerprint density at radius 3 is 2.55 bits per heavy atom. The molecule has 4 aromatic rings. The van der Waals surface area contributed by atoms with Crippen LogP contribution in [-0.4, -0.2) is 34.1 Å². The van der Waals surface area contributed by atoms with E-state index >= 15 is 0 Å². The van der Waals surface area contributed by atoms with Gasteiger partial charge in [0.05, 0.1) is 10.6 Å². The third kappa shape index (κ3) is 5.40. The van der Waals surface area contributed by atoms with Crippen LogP contribution in [-0.2, 0) is 16.6 Å². The van der Waals surface area contributed by atoms with Gasteiger partial charge in [-0.15, -0.1) is 10.2 Å². The molecule has 0 fully saturated rings. The van der Waals surface area contributed by atoms with E-state index in [0.717, 1.165) is 28.4 Å². The third-order valence-electron chi connectivity index (χ3n) is 4.54. The van der Waals surface area contributed by atoms with E-state index in [0.29, 0.717) is 5.02 Å². The molecule has 2 heterocycles. The fraction of sp³-hybridized carbons (Fsp3) is 0.100. The molecular formula is C20H16Cl2N6O3S2. The van der Waals surface area contributed by atoms with Gasteiger partial charge in [0.1, 0.15) is 5.82 Å². The molecule has 0 aliphatic carbocycles. The second kappa shape index (κ2) is 9.57. The first kappa shape index (κ1) is 23.3. The number of aryl methyl sites for hydroxylation is 1. The number of halogens is 2. The number of carbonyl (C=O) groups is 1. The Balaban J connectivity index is 1.40. The van der Waals surface area contributed by atoms with Crippen LogP contribution in [0.25, 0.3) is 5.69 Å². The van der Waals surface area contributed by atoms with Gasteiger partial charge in [0.25, 0.3) is 15.9 Å². The molecule has 0 aliphatic heterocycles. The lowest BCUT2D eigenvalue weighted by Crippen LogP contribution is -2.23. The van der Waals surface area contributed by atoms with Crippen LogP contribution in [0.2, 0.25) is 10.0 Å². The highest BCUT2D eigenvalue weighted by Gasteiger charge is 2.21. The topological polar surface area (TPSA) is 119 Å². The molecule has 0 saturated heterocycles. The first-order valence-electron chi connectivity index (χ1n) is 9.42. The maximum absolute atomic E-state index is 12.6. The van der Waals surface area contributed by atoms with Crippen LogP contribution in [0.4, 0.5) is 5.13 Å². The Morgan fingerprint density at radius 2 is 1.88 bits per heavy atom. The van der Waals surface area contributed by atoms with Crippen molar-refractivity contribution in [3.63, 3.8) is 0 Å². The van der Waals surface area contributed by atoms with Crippen LogP contribution in [0.5, 0.6) is 0 Å². The van der Waals surface area contributed by atoms with E-state index in [2.05, 4.69) is 25.2 Å². The number of nitrogens with one attached hydrogen (secondary N) is 2. The lowest BCUT2D eigenvalue weighted by Gasteiger charge is -2.07. The Hall–Kier alpha value is -2.83. The number of sulfonamides is 1. The van der Waals surface area contributed by atoms with Gasteiger partial charge in [-0.2, -0.15) is 0 Å². The highest BCUT2D eigenvalue weighted by molar-refractivity contribution is 7.91. The van der Waals surface area contributed by atoms with Crippen LogP contribution in [0, 0.1) is 6.92 Å². The van der Waals surface area contributed by atoms with Gasteiger partial charge < -0.3 is 4.57 Å². The van der Waals surface area contributed by atoms with Crippen molar-refractivity contribution < 1.29 is 13.2 Å². The standard InChI is InChI=1S/C20H16Cl2N6O3S2/c1-12-23-8-9-28(12)15-5-2-13(3-6-15)11-24-33(30,31)20-27-26-19(32-20)25-18(29)16-7-4-14(21)10-17(16)22/h2-10,24H,11H2,1H3,(H,25,26,29). The summed E-state index contributed by atoms with van der Waals surface area (Å²) in [7, 11) is -3.93. The second-order valence-electron chi connectivity index (χ2n) is 6.79. The number of benzene rings is 2. The molecule has 0 saturated carbocycles. The molecule has 0 spiro atoms. The van der Waals surface area contributed by atoms with Gasteiger partial charge in [0.15, 0.2) is 0 Å². The first-order valence-corrected chi connectivity index (χ1v) is 12.5. The average Bonchev–Trinajstić information content (AvgIpc) is 3.42. The van der Waals surface area contributed by atoms with E-state index in [-0.39, 0.29) is 26.6 Å². The predicted molar refractivity (Wildman–Crippen MR) is 127 cm³/mol. The van der Waals surface area contributed by atoms with Crippen molar-refractivity contribution >= 4 is 55.6 Å². The van der Waals surface area contributed by atoms with E-state index in [4.69, 9.17) is 23.2 Å². The molecule has 0 atom stereocenters. The van der Waals surface area contributed by atoms with Crippen molar-refractivity contribution in [1.82, 2.24) is 24.5 Å². The predicted octanol–water partition coefficient (Wildman–Crippen LogP) is 4.07. The Bertz CT molecular complexity index is 1420. The molecule has 2 N–H and O–H groups in total. The normalized spacial score (nSPS) is 11.5. The zero-order chi connectivity index (χ0) is 23.6. The first-order chi connectivity index (χ1) is 15.7. The molecule has 0 unspecified atom stereocenters. The molecule has 2 aromatic heterocycles. The molecule has 0 aliphatic rings. The van der Waals surface area contributed by atoms with Crippen molar-refractivity contribution in [2.24, 2.45) is 0 Å². The number of nitrogens with zero attached hydrogens (tertiary/aromatic N) is 4. The summed E-state index contributed by atoms with van der Waals surface area (Å²) >= 11 is 12.6. The largest absolute Gasteiger partial charge is 0.304 e. The van der Waals surface area contributed by atoms with Crippen LogP contribution in [0.1, 0.15) is 21.7 Å². The van der Waals surface area contributed by atoms with Crippen LogP contribution in [0.15, 0.2) is 59.2 Å². The number of amides is 1. The summed E-state index contributed by atoms with van der Waals surface area (Å²) in [5.74, 6) is 0.291. The Labute approximate surface area is 203 Å². The van der Waals surface area contributed by atoms with Crippen molar-refractivity contribution in [3.05, 3.63) is 81.9 Å². The van der Waals surface area contributed by atoms with Crippen molar-refractivity contribution in [3.8, 4) is 5.69 Å². The molecular weight excluding hydrogens is 507 g/mol. The molecule has 2 aromatic carbocycles. The minimum absolute atomic E-state index is 0.0199. The summed E-state index contributed by atoms with van der Waals surface area (Å²) in [6.45, 7) is 1.96. The van der Waals surface area contributed by atoms with Gasteiger partial charge in [0.2, 0.25) is 9.47 Å². The summed E-state index contributed by atoms with van der Waals surface area (Å²) < 4.78 is 29.3. The zero-order valence-corrected chi connectivity index (χ0v) is 20.1. The maximum atomic E-state index is 12.6. The van der Waals surface area contributed by atoms with Crippen molar-refractivity contribution in [1.29, 1.82) is 0 Å². The second-order valence-corrected chi connectivity index (χ2v) is 10.5. The van der Waals surface area contributed by atoms with E-state index in [1.807, 2.05) is 42.0 Å². The number of anilines is 1. The molecule has 0 bridgehead atoms. The van der Waals surface area contributed by atoms with E-state index in [1.54, 1.807) is 6.20 Å². The summed E-state index contributed by atoms with van der Waals surface area (Å²) in [4.78, 5) is 16.6. The van der Waals surface area contributed by atoms with Gasteiger partial charge in [-0.1, -0.05) is 46.7 Å². The van der Waals surface area contributed by atoms with Crippen molar-refractivity contribution in [2.75, 3.05) is 5.32 Å². The van der Waals surface area contributed by atoms with Gasteiger partial charge >= 0.3 is 0 Å². The molecule has 33 heavy (non-hydrogen) atoms. The van der Waals surface area contributed by atoms with Crippen LogP contribution < -0.4 is 10.0 Å². The number of hydrogen-bond donors (Lipinski definition) is 2. The van der Waals surface area contributed by atoms with Crippen molar-refractivity contribution in [2.45, 2.75) is 17.8 Å². The summed E-state index contributed by atoms with van der Waals surface area (Å²) in [6.07, 6.45) is 3.56. The Morgan fingerprint density at radius 1 is 1.12 bits per heavy atom. The highest BCUT2D eigenvalue weighted by atomic mass is 35.5. The zero-order valence-electron chi connectivity index (χ0n) is 17.0. The quantitative estimate of drug-likeness (QED) is 0.353. The monoisotopic (exact) mass is 522 g/mol. The number of carbonyl (C=O) groups excluding carboxylic acids is 1. The summed E-state index contributed by atoms with van der Waals surface area (Å²) in [6, 6.07) is 11.8. The van der Waals surface area contributed by atoms with Gasteiger partial charge in [-0.3, -0.25) is 10.1 Å². The highest BCUT2D eigenvalue weighted by Crippen LogP contribution is 2.24. The SMILES string of the molecule is Cc1nccn1-c1ccc(CNS(=O)(=O)c2nnc(NC(=O)c3ccc(Cl)cc3Cl)s2)cc1. The molecule has 9 nitrogen and oxygen atoms in total. The maximum Gasteiger partial charge on any atom is 0.270 e. The number of rotatable bonds is 7. The number of aromatic nitrogens is 4. The van der Waals surface area contributed by atoms with Crippen LogP contribution in [0.3, 0.4) is 0 Å². The molecule has 1 amide bonds. The summed E-state index contributed by atoms with van der Waals surface area (Å²) in [5, 5.41) is 10.5. The molecule has 0 radical (unpaired) electrons. The van der Waals surface area contributed by atoms with Gasteiger partial charge in [0, 0.05) is 29.6 Å². The van der Waals surface area contributed by atoms with Crippen LogP contribution >= 0.6 is 34.5 Å². The number of hydrogen-bond acceptors (Lipinski definition) is 7. The lowest BCUT2D eigenvalue weighted by atomic mass is 10.2. The van der Waals surface area contributed by atoms with E-state index in [9.17, 15) is 13.2 Å². The average molecular weight is 523 g/mol. The Kier molecular flexibility index (Phi) is 6.77. The third-order valence-corrected chi connectivity index (χ3v) is 7.69. The minimum atomic E-state index is -3.93. The van der Waals surface area contributed by atoms with E-state index < -0.39 is 15.9 Å². The smallest absolute Gasteiger partial charge is 0.270 e. The summed E-state index contributed by atoms with van der Waals surface area (Å²) in [5.41, 5.74) is 1.85. The molecule has 170 valence electrons. The van der Waals surface area contributed by atoms with E-state index in [1.165, 1.54) is 18.2 Å². The lowest BCUT2D eigenvalue weighted by molar-refractivity contribution is 0.102. The minimum Gasteiger partial charge on any atom is -0.304 e. The molecule has 4 rings (SSSR count).